The summed E-state index contributed by atoms with van der Waals surface area (Å²) in [5.41, 5.74) is 0.852. The van der Waals surface area contributed by atoms with Crippen molar-refractivity contribution in [2.75, 3.05) is 23.6 Å². The van der Waals surface area contributed by atoms with Crippen LogP contribution in [0.25, 0.3) is 0 Å². The monoisotopic (exact) mass is 376 g/mol. The quantitative estimate of drug-likeness (QED) is 0.804. The van der Waals surface area contributed by atoms with Crippen molar-refractivity contribution in [3.05, 3.63) is 54.1 Å². The summed E-state index contributed by atoms with van der Waals surface area (Å²) in [5.74, 6) is 1.07. The van der Waals surface area contributed by atoms with E-state index in [1.54, 1.807) is 31.2 Å². The molecule has 138 valence electrons. The number of anilines is 1. The molecule has 1 aliphatic rings. The number of hydrogen-bond acceptors (Lipinski definition) is 5. The van der Waals surface area contributed by atoms with Crippen LogP contribution >= 0.6 is 0 Å². The first-order valence-corrected chi connectivity index (χ1v) is 9.89. The number of nitrogens with one attached hydrogen (secondary N) is 2. The Bertz CT molecular complexity index is 881. The first-order chi connectivity index (χ1) is 12.5. The fourth-order valence-corrected chi connectivity index (χ4v) is 3.05. The Labute approximate surface area is 152 Å². The average Bonchev–Trinajstić information content (AvgIpc) is 2.66. The summed E-state index contributed by atoms with van der Waals surface area (Å²) in [4.78, 5) is 12.2. The molecule has 2 aromatic rings. The number of hydrogen-bond donors (Lipinski definition) is 2. The van der Waals surface area contributed by atoms with E-state index in [4.69, 9.17) is 9.47 Å². The van der Waals surface area contributed by atoms with Crippen LogP contribution in [0.3, 0.4) is 0 Å². The molecule has 2 aromatic carbocycles. The molecule has 0 bridgehead atoms. The predicted molar refractivity (Wildman–Crippen MR) is 98.2 cm³/mol. The topological polar surface area (TPSA) is 93.7 Å². The smallest absolute Gasteiger partial charge is 0.251 e. The normalized spacial score (nSPS) is 16.0. The summed E-state index contributed by atoms with van der Waals surface area (Å²) in [6.45, 7) is 2.21. The number of para-hydroxylation sites is 2. The Morgan fingerprint density at radius 2 is 1.81 bits per heavy atom. The van der Waals surface area contributed by atoms with Crippen LogP contribution in [0.2, 0.25) is 0 Å². The molecule has 2 N–H and O–H groups in total. The highest BCUT2D eigenvalue weighted by Gasteiger charge is 2.21. The molecule has 26 heavy (non-hydrogen) atoms. The molecule has 0 fully saturated rings. The highest BCUT2D eigenvalue weighted by molar-refractivity contribution is 7.92. The van der Waals surface area contributed by atoms with Crippen LogP contribution in [0.15, 0.2) is 48.5 Å². The summed E-state index contributed by atoms with van der Waals surface area (Å²) in [6, 6.07) is 13.6. The molecular weight excluding hydrogens is 356 g/mol. The molecule has 1 atom stereocenters. The van der Waals surface area contributed by atoms with E-state index < -0.39 is 10.0 Å². The van der Waals surface area contributed by atoms with E-state index in [2.05, 4.69) is 10.0 Å². The van der Waals surface area contributed by atoms with Gasteiger partial charge in [-0.15, -0.1) is 0 Å². The number of carbonyl (C=O) groups is 1. The van der Waals surface area contributed by atoms with Crippen LogP contribution in [-0.4, -0.2) is 39.3 Å². The minimum atomic E-state index is -3.34. The maximum atomic E-state index is 12.2. The summed E-state index contributed by atoms with van der Waals surface area (Å²) < 4.78 is 36.9. The third-order valence-corrected chi connectivity index (χ3v) is 5.17. The van der Waals surface area contributed by atoms with Crippen molar-refractivity contribution >= 4 is 21.6 Å². The van der Waals surface area contributed by atoms with Gasteiger partial charge < -0.3 is 14.8 Å². The van der Waals surface area contributed by atoms with Gasteiger partial charge in [0.1, 0.15) is 12.7 Å². The number of fused-ring (bicyclic) bond motifs is 1. The maximum Gasteiger partial charge on any atom is 0.251 e. The molecule has 0 aliphatic carbocycles. The van der Waals surface area contributed by atoms with E-state index >= 15 is 0 Å². The zero-order chi connectivity index (χ0) is 18.6. The SMILES string of the molecule is CCS(=O)(=O)Nc1ccc(C(=O)NCC2COc3ccccc3O2)cc1. The highest BCUT2D eigenvalue weighted by Crippen LogP contribution is 2.30. The first-order valence-electron chi connectivity index (χ1n) is 8.24. The molecule has 0 aromatic heterocycles. The summed E-state index contributed by atoms with van der Waals surface area (Å²) in [6.07, 6.45) is -0.274. The van der Waals surface area contributed by atoms with E-state index in [-0.39, 0.29) is 17.8 Å². The fraction of sp³-hybridized carbons (Fsp3) is 0.278. The minimum Gasteiger partial charge on any atom is -0.486 e. The maximum absolute atomic E-state index is 12.2. The van der Waals surface area contributed by atoms with E-state index in [9.17, 15) is 13.2 Å². The zero-order valence-corrected chi connectivity index (χ0v) is 15.1. The van der Waals surface area contributed by atoms with E-state index in [1.807, 2.05) is 24.3 Å². The van der Waals surface area contributed by atoms with Gasteiger partial charge in [-0.3, -0.25) is 9.52 Å². The van der Waals surface area contributed by atoms with Gasteiger partial charge >= 0.3 is 0 Å². The predicted octanol–water partition coefficient (Wildman–Crippen LogP) is 2.02. The van der Waals surface area contributed by atoms with Gasteiger partial charge in [0.2, 0.25) is 10.0 Å². The molecule has 0 radical (unpaired) electrons. The lowest BCUT2D eigenvalue weighted by Crippen LogP contribution is -2.40. The van der Waals surface area contributed by atoms with Gasteiger partial charge in [0.15, 0.2) is 11.5 Å². The molecule has 0 saturated heterocycles. The summed E-state index contributed by atoms with van der Waals surface area (Å²) in [5, 5.41) is 2.80. The standard InChI is InChI=1S/C18H20N2O5S/c1-2-26(22,23)20-14-9-7-13(8-10-14)18(21)19-11-15-12-24-16-5-3-4-6-17(16)25-15/h3-10,15,20H,2,11-12H2,1H3,(H,19,21). The molecule has 8 heteroatoms. The van der Waals surface area contributed by atoms with Crippen molar-refractivity contribution in [3.63, 3.8) is 0 Å². The minimum absolute atomic E-state index is 0.0121. The zero-order valence-electron chi connectivity index (χ0n) is 14.3. The highest BCUT2D eigenvalue weighted by atomic mass is 32.2. The lowest BCUT2D eigenvalue weighted by atomic mass is 10.2. The van der Waals surface area contributed by atoms with Crippen LogP contribution in [-0.2, 0) is 10.0 Å². The Hall–Kier alpha value is -2.74. The first kappa shape index (κ1) is 18.1. The molecule has 1 heterocycles. The number of rotatable bonds is 6. The van der Waals surface area contributed by atoms with Crippen LogP contribution in [0.4, 0.5) is 5.69 Å². The third-order valence-electron chi connectivity index (χ3n) is 3.86. The van der Waals surface area contributed by atoms with E-state index in [0.717, 1.165) is 0 Å². The summed E-state index contributed by atoms with van der Waals surface area (Å²) >= 11 is 0. The molecule has 7 nitrogen and oxygen atoms in total. The van der Waals surface area contributed by atoms with Gasteiger partial charge in [-0.1, -0.05) is 12.1 Å². The Balaban J connectivity index is 1.54. The number of sulfonamides is 1. The van der Waals surface area contributed by atoms with Crippen LogP contribution in [0.5, 0.6) is 11.5 Å². The van der Waals surface area contributed by atoms with Crippen molar-refractivity contribution in [3.8, 4) is 11.5 Å². The summed E-state index contributed by atoms with van der Waals surface area (Å²) in [7, 11) is -3.34. The molecule has 3 rings (SSSR count). The van der Waals surface area contributed by atoms with Crippen LogP contribution in [0.1, 0.15) is 17.3 Å². The van der Waals surface area contributed by atoms with E-state index in [0.29, 0.717) is 35.9 Å². The van der Waals surface area contributed by atoms with Gasteiger partial charge in [-0.2, -0.15) is 0 Å². The second-order valence-corrected chi connectivity index (χ2v) is 7.80. The second kappa shape index (κ2) is 7.65. The van der Waals surface area contributed by atoms with Crippen molar-refractivity contribution in [1.29, 1.82) is 0 Å². The molecule has 0 spiro atoms. The van der Waals surface area contributed by atoms with Crippen molar-refractivity contribution in [2.24, 2.45) is 0 Å². The molecular formula is C18H20N2O5S. The number of benzene rings is 2. The molecule has 1 amide bonds. The van der Waals surface area contributed by atoms with E-state index in [1.165, 1.54) is 0 Å². The lowest BCUT2D eigenvalue weighted by Gasteiger charge is -2.26. The van der Waals surface area contributed by atoms with Gasteiger partial charge in [0.05, 0.1) is 12.3 Å². The Kier molecular flexibility index (Phi) is 5.32. The number of ether oxygens (including phenoxy) is 2. The van der Waals surface area contributed by atoms with Crippen molar-refractivity contribution in [2.45, 2.75) is 13.0 Å². The van der Waals surface area contributed by atoms with Gasteiger partial charge in [-0.05, 0) is 43.3 Å². The van der Waals surface area contributed by atoms with Crippen molar-refractivity contribution in [1.82, 2.24) is 5.32 Å². The Morgan fingerprint density at radius 1 is 1.12 bits per heavy atom. The van der Waals surface area contributed by atoms with Gasteiger partial charge in [0, 0.05) is 11.3 Å². The Morgan fingerprint density at radius 3 is 2.50 bits per heavy atom. The molecule has 1 aliphatic heterocycles. The fourth-order valence-electron chi connectivity index (χ4n) is 2.41. The largest absolute Gasteiger partial charge is 0.486 e. The average molecular weight is 376 g/mol. The van der Waals surface area contributed by atoms with Gasteiger partial charge in [-0.25, -0.2) is 8.42 Å². The number of amides is 1. The molecule has 1 unspecified atom stereocenters. The van der Waals surface area contributed by atoms with Crippen LogP contribution < -0.4 is 19.5 Å². The second-order valence-electron chi connectivity index (χ2n) is 5.79. The third kappa shape index (κ3) is 4.45. The number of carbonyl (C=O) groups excluding carboxylic acids is 1. The van der Waals surface area contributed by atoms with Gasteiger partial charge in [0.25, 0.3) is 5.91 Å². The lowest BCUT2D eigenvalue weighted by molar-refractivity contribution is 0.0789. The van der Waals surface area contributed by atoms with Crippen molar-refractivity contribution < 1.29 is 22.7 Å². The van der Waals surface area contributed by atoms with Crippen LogP contribution in [0, 0.1) is 0 Å². The molecule has 0 saturated carbocycles.